The molecule has 5 N–H and O–H groups in total. The monoisotopic (exact) mass is 713 g/mol. The van der Waals surface area contributed by atoms with Gasteiger partial charge in [-0.3, -0.25) is 29.2 Å². The molecular formula is C40H51N5O7. The third-order valence-electron chi connectivity index (χ3n) is 11.6. The van der Waals surface area contributed by atoms with Crippen molar-refractivity contribution in [3.63, 3.8) is 0 Å². The Morgan fingerprint density at radius 2 is 1.85 bits per heavy atom. The zero-order valence-electron chi connectivity index (χ0n) is 31.1. The number of carbonyl (C=O) groups is 4. The fraction of sp³-hybridized carbons (Fsp3) is 0.550. The summed E-state index contributed by atoms with van der Waals surface area (Å²) in [5, 5.41) is 21.1. The number of nitrogens with zero attached hydrogens (tertiary/aromatic N) is 2. The maximum absolute atomic E-state index is 13.7. The van der Waals surface area contributed by atoms with Gasteiger partial charge in [-0.15, -0.1) is 0 Å². The molecule has 0 aromatic carbocycles. The van der Waals surface area contributed by atoms with E-state index in [1.807, 2.05) is 13.8 Å². The number of aliphatic hydroxyl groups excluding tert-OH is 1. The van der Waals surface area contributed by atoms with Gasteiger partial charge in [0.15, 0.2) is 11.6 Å². The van der Waals surface area contributed by atoms with Crippen LogP contribution in [0.1, 0.15) is 128 Å². The lowest BCUT2D eigenvalue weighted by atomic mass is 9.81. The number of hydrogen-bond donors (Lipinski definition) is 5. The standard InChI is InChI=1S/C40H51N5O7/c1-7-25-19(2)28-17-33-37(23(6)52-13-12-46)21(4)30(43-33)15-29-20(3)26(9-10-35(49)41-18-24(47)8-11-36(50)51)39(44-29)27-14-34(48)38-22(5)31(45-40(27)38)16-32(25)42-28/h15,20,23,26-28,43,45-46H,7-14,16-18H2,1-6H3,(H,41,49)(H,50,51)/t20-,23?,26-,27?,28?/m0/s1. The molecule has 1 amide bonds. The lowest BCUT2D eigenvalue weighted by molar-refractivity contribution is -0.138. The number of H-pyrrole nitrogens is 2. The first-order valence-electron chi connectivity index (χ1n) is 18.6. The summed E-state index contributed by atoms with van der Waals surface area (Å²) >= 11 is 0. The minimum Gasteiger partial charge on any atom is -0.481 e. The second-order valence-electron chi connectivity index (χ2n) is 14.7. The average molecular weight is 714 g/mol. The van der Waals surface area contributed by atoms with Crippen LogP contribution in [0.15, 0.2) is 26.8 Å². The number of aromatic amines is 2. The molecule has 0 saturated carbocycles. The molecule has 8 bridgehead atoms. The van der Waals surface area contributed by atoms with Gasteiger partial charge in [-0.05, 0) is 68.9 Å². The molecule has 0 radical (unpaired) electrons. The van der Waals surface area contributed by atoms with Gasteiger partial charge in [-0.2, -0.15) is 0 Å². The van der Waals surface area contributed by atoms with Gasteiger partial charge in [0.05, 0.1) is 38.3 Å². The van der Waals surface area contributed by atoms with Gasteiger partial charge >= 0.3 is 5.97 Å². The number of aliphatic imine (C=N–C) groups is 2. The summed E-state index contributed by atoms with van der Waals surface area (Å²) in [7, 11) is 0. The largest absolute Gasteiger partial charge is 0.481 e. The number of carbonyl (C=O) groups excluding carboxylic acids is 3. The molecule has 0 spiro atoms. The number of Topliss-reactive ketones (excluding diaryl/α,β-unsaturated/α-hetero) is 2. The Balaban J connectivity index is 1.40. The topological polar surface area (TPSA) is 186 Å². The van der Waals surface area contributed by atoms with Crippen molar-refractivity contribution in [2.75, 3.05) is 19.8 Å². The van der Waals surface area contributed by atoms with Crippen molar-refractivity contribution < 1.29 is 34.1 Å². The molecule has 5 atom stereocenters. The SMILES string of the molecule is CCC1=C(C)C2Cc3[nH]c(c(C)c3C(C)OCCO)C=C3N=C(C4CC(=O)c5c4[nH]c(c5C)CC1=N2)[C@@H](CCC(=O)NCC(=O)CCC(=O)O)[C@@H]3C. The van der Waals surface area contributed by atoms with E-state index < -0.39 is 5.97 Å². The Morgan fingerprint density at radius 1 is 1.08 bits per heavy atom. The number of amides is 1. The Hall–Kier alpha value is -4.42. The predicted octanol–water partition coefficient (Wildman–Crippen LogP) is 5.43. The molecule has 6 rings (SSSR count). The number of fused-ring (bicyclic) bond motifs is 6. The summed E-state index contributed by atoms with van der Waals surface area (Å²) < 4.78 is 6.06. The van der Waals surface area contributed by atoms with Crippen molar-refractivity contribution in [3.05, 3.63) is 61.9 Å². The quantitative estimate of drug-likeness (QED) is 0.183. The molecule has 1 aliphatic carbocycles. The van der Waals surface area contributed by atoms with Gasteiger partial charge in [-0.25, -0.2) is 0 Å². The number of carboxylic acids is 1. The zero-order valence-corrected chi connectivity index (χ0v) is 31.1. The average Bonchev–Trinajstić information content (AvgIpc) is 3.86. The van der Waals surface area contributed by atoms with Crippen molar-refractivity contribution in [3.8, 4) is 0 Å². The van der Waals surface area contributed by atoms with Gasteiger partial charge in [0.2, 0.25) is 5.91 Å². The number of aromatic nitrogens is 2. The number of carboxylic acid groups (broad SMARTS) is 1. The maximum Gasteiger partial charge on any atom is 0.303 e. The van der Waals surface area contributed by atoms with Crippen LogP contribution in [0, 0.1) is 25.7 Å². The van der Waals surface area contributed by atoms with Crippen LogP contribution in [0.25, 0.3) is 6.08 Å². The van der Waals surface area contributed by atoms with Crippen LogP contribution >= 0.6 is 0 Å². The Labute approximate surface area is 304 Å². The summed E-state index contributed by atoms with van der Waals surface area (Å²) in [5.41, 5.74) is 12.9. The summed E-state index contributed by atoms with van der Waals surface area (Å²) in [6.07, 6.45) is 4.45. The normalized spacial score (nSPS) is 22.8. The number of aliphatic hydroxyl groups is 1. The van der Waals surface area contributed by atoms with Crippen LogP contribution in [0.5, 0.6) is 0 Å². The van der Waals surface area contributed by atoms with E-state index in [2.05, 4.69) is 49.1 Å². The molecule has 3 unspecified atom stereocenters. The van der Waals surface area contributed by atoms with E-state index in [9.17, 15) is 24.3 Å². The van der Waals surface area contributed by atoms with Crippen LogP contribution in [0.3, 0.4) is 0 Å². The first-order valence-corrected chi connectivity index (χ1v) is 18.6. The zero-order chi connectivity index (χ0) is 37.4. The predicted molar refractivity (Wildman–Crippen MR) is 198 cm³/mol. The third kappa shape index (κ3) is 7.15. The molecule has 12 nitrogen and oxygen atoms in total. The van der Waals surface area contributed by atoms with E-state index in [4.69, 9.17) is 19.8 Å². The molecule has 4 aliphatic rings. The molecule has 0 fully saturated rings. The Morgan fingerprint density at radius 3 is 2.56 bits per heavy atom. The van der Waals surface area contributed by atoms with Crippen molar-refractivity contribution in [1.82, 2.24) is 15.3 Å². The Kier molecular flexibility index (Phi) is 11.0. The third-order valence-corrected chi connectivity index (χ3v) is 11.6. The highest BCUT2D eigenvalue weighted by molar-refractivity contribution is 6.11. The molecule has 2 aromatic heterocycles. The van der Waals surface area contributed by atoms with E-state index in [1.54, 1.807) is 0 Å². The number of rotatable bonds is 13. The smallest absolute Gasteiger partial charge is 0.303 e. The van der Waals surface area contributed by atoms with Crippen LogP contribution in [0.2, 0.25) is 0 Å². The fourth-order valence-electron chi connectivity index (χ4n) is 8.71. The van der Waals surface area contributed by atoms with Gasteiger partial charge < -0.3 is 30.2 Å². The van der Waals surface area contributed by atoms with E-state index in [1.165, 1.54) is 11.1 Å². The number of nitrogens with one attached hydrogen (secondary N) is 3. The van der Waals surface area contributed by atoms with Crippen LogP contribution in [0.4, 0.5) is 0 Å². The number of ether oxygens (including phenoxy) is 1. The van der Waals surface area contributed by atoms with Crippen molar-refractivity contribution in [2.24, 2.45) is 21.8 Å². The number of ketones is 2. The highest BCUT2D eigenvalue weighted by Gasteiger charge is 2.44. The van der Waals surface area contributed by atoms with Gasteiger partial charge in [0, 0.05) is 101 Å². The van der Waals surface area contributed by atoms with Crippen molar-refractivity contribution >= 4 is 40.9 Å². The van der Waals surface area contributed by atoms with Crippen molar-refractivity contribution in [2.45, 2.75) is 111 Å². The summed E-state index contributed by atoms with van der Waals surface area (Å²) in [6, 6.07) is -0.0466. The first kappa shape index (κ1) is 37.3. The van der Waals surface area contributed by atoms with Crippen LogP contribution < -0.4 is 5.32 Å². The van der Waals surface area contributed by atoms with E-state index in [0.29, 0.717) is 25.7 Å². The summed E-state index contributed by atoms with van der Waals surface area (Å²) in [4.78, 5) is 67.6. The van der Waals surface area contributed by atoms with Gasteiger partial charge in [0.25, 0.3) is 0 Å². The molecular weight excluding hydrogens is 662 g/mol. The lowest BCUT2D eigenvalue weighted by Gasteiger charge is -2.21. The molecule has 0 saturated heterocycles. The number of allylic oxidation sites excluding steroid dienone is 2. The highest BCUT2D eigenvalue weighted by atomic mass is 16.5. The van der Waals surface area contributed by atoms with E-state index in [-0.39, 0.29) is 86.4 Å². The molecule has 5 heterocycles. The maximum atomic E-state index is 13.7. The van der Waals surface area contributed by atoms with Crippen LogP contribution in [-0.4, -0.2) is 80.8 Å². The minimum absolute atomic E-state index is 0.0466. The second-order valence-corrected chi connectivity index (χ2v) is 14.7. The van der Waals surface area contributed by atoms with E-state index >= 15 is 0 Å². The minimum atomic E-state index is -1.05. The first-order chi connectivity index (χ1) is 24.8. The summed E-state index contributed by atoms with van der Waals surface area (Å²) in [6.45, 7) is 12.5. The fourth-order valence-corrected chi connectivity index (χ4v) is 8.71. The van der Waals surface area contributed by atoms with Crippen LogP contribution in [-0.2, 0) is 32.0 Å². The molecule has 3 aliphatic heterocycles. The van der Waals surface area contributed by atoms with E-state index in [0.717, 1.165) is 68.6 Å². The summed E-state index contributed by atoms with van der Waals surface area (Å²) in [5.74, 6) is -2.04. The Bertz CT molecular complexity index is 1920. The molecule has 278 valence electrons. The lowest BCUT2D eigenvalue weighted by Crippen LogP contribution is -2.31. The second kappa shape index (κ2) is 15.3. The van der Waals surface area contributed by atoms with Gasteiger partial charge in [0.1, 0.15) is 0 Å². The number of hydrogen-bond acceptors (Lipinski definition) is 8. The highest BCUT2D eigenvalue weighted by Crippen LogP contribution is 2.46. The number of aliphatic carboxylic acids is 1. The molecule has 12 heteroatoms. The van der Waals surface area contributed by atoms with Gasteiger partial charge in [-0.1, -0.05) is 13.8 Å². The van der Waals surface area contributed by atoms with Crippen molar-refractivity contribution in [1.29, 1.82) is 0 Å². The molecule has 52 heavy (non-hydrogen) atoms. The molecule has 2 aromatic rings.